The van der Waals surface area contributed by atoms with Gasteiger partial charge in [0.1, 0.15) is 5.82 Å². The number of nitrogens with zero attached hydrogens (tertiary/aromatic N) is 2. The second-order valence-corrected chi connectivity index (χ2v) is 4.83. The molecule has 0 saturated carbocycles. The van der Waals surface area contributed by atoms with E-state index in [9.17, 15) is 0 Å². The monoisotopic (exact) mass is 204 g/mol. The molecule has 82 valence electrons. The van der Waals surface area contributed by atoms with Gasteiger partial charge < -0.3 is 4.90 Å². The molecule has 2 nitrogen and oxygen atoms in total. The van der Waals surface area contributed by atoms with Gasteiger partial charge >= 0.3 is 0 Å². The summed E-state index contributed by atoms with van der Waals surface area (Å²) in [6, 6.07) is 7.47. The predicted molar refractivity (Wildman–Crippen MR) is 64.0 cm³/mol. The van der Waals surface area contributed by atoms with Gasteiger partial charge in [0.05, 0.1) is 0 Å². The molecule has 0 N–H and O–H groups in total. The van der Waals surface area contributed by atoms with Crippen LogP contribution in [0, 0.1) is 5.92 Å². The van der Waals surface area contributed by atoms with Crippen molar-refractivity contribution < 1.29 is 0 Å². The third-order valence-corrected chi connectivity index (χ3v) is 3.40. The molecule has 2 heteroatoms. The lowest BCUT2D eigenvalue weighted by molar-refractivity contribution is 0.482. The maximum atomic E-state index is 4.47. The molecule has 1 aromatic rings. The van der Waals surface area contributed by atoms with Crippen molar-refractivity contribution in [2.75, 3.05) is 4.90 Å². The maximum absolute atomic E-state index is 4.47. The Morgan fingerprint density at radius 3 is 2.73 bits per heavy atom. The number of hydrogen-bond acceptors (Lipinski definition) is 2. The molecule has 0 spiro atoms. The first-order chi connectivity index (χ1) is 7.20. The van der Waals surface area contributed by atoms with Crippen LogP contribution >= 0.6 is 0 Å². The summed E-state index contributed by atoms with van der Waals surface area (Å²) in [6.07, 6.45) is 4.48. The van der Waals surface area contributed by atoms with Crippen molar-refractivity contribution in [1.82, 2.24) is 4.98 Å². The largest absolute Gasteiger partial charge is 0.351 e. The fourth-order valence-corrected chi connectivity index (χ4v) is 2.57. The Balaban J connectivity index is 2.25. The van der Waals surface area contributed by atoms with Crippen LogP contribution in [0.4, 0.5) is 5.82 Å². The molecule has 2 unspecified atom stereocenters. The van der Waals surface area contributed by atoms with Crippen LogP contribution < -0.4 is 4.90 Å². The van der Waals surface area contributed by atoms with E-state index in [-0.39, 0.29) is 0 Å². The number of aromatic nitrogens is 1. The summed E-state index contributed by atoms with van der Waals surface area (Å²) in [5.41, 5.74) is 0. The molecule has 2 heterocycles. The van der Waals surface area contributed by atoms with Crippen LogP contribution in [0.25, 0.3) is 0 Å². The van der Waals surface area contributed by atoms with Crippen molar-refractivity contribution in [3.8, 4) is 0 Å². The smallest absolute Gasteiger partial charge is 0.128 e. The zero-order valence-electron chi connectivity index (χ0n) is 9.85. The summed E-state index contributed by atoms with van der Waals surface area (Å²) in [5, 5.41) is 0. The Morgan fingerprint density at radius 2 is 2.13 bits per heavy atom. The van der Waals surface area contributed by atoms with E-state index in [1.807, 2.05) is 12.3 Å². The van der Waals surface area contributed by atoms with E-state index in [1.54, 1.807) is 0 Å². The first-order valence-electron chi connectivity index (χ1n) is 5.89. The number of rotatable bonds is 2. The quantitative estimate of drug-likeness (QED) is 0.736. The Kier molecular flexibility index (Phi) is 2.94. The molecule has 0 aliphatic carbocycles. The fourth-order valence-electron chi connectivity index (χ4n) is 2.57. The molecule has 2 atom stereocenters. The highest BCUT2D eigenvalue weighted by molar-refractivity contribution is 5.42. The van der Waals surface area contributed by atoms with Crippen molar-refractivity contribution >= 4 is 5.82 Å². The van der Waals surface area contributed by atoms with E-state index in [0.717, 1.165) is 5.82 Å². The summed E-state index contributed by atoms with van der Waals surface area (Å²) >= 11 is 0. The minimum atomic E-state index is 0.632. The molecule has 2 rings (SSSR count). The maximum Gasteiger partial charge on any atom is 0.128 e. The highest BCUT2D eigenvalue weighted by Gasteiger charge is 2.32. The lowest BCUT2D eigenvalue weighted by atomic mass is 10.0. The molecule has 0 bridgehead atoms. The number of anilines is 1. The minimum Gasteiger partial charge on any atom is -0.351 e. The normalized spacial score (nSPS) is 26.3. The van der Waals surface area contributed by atoms with Gasteiger partial charge in [0.15, 0.2) is 0 Å². The van der Waals surface area contributed by atoms with Crippen LogP contribution in [0.3, 0.4) is 0 Å². The summed E-state index contributed by atoms with van der Waals surface area (Å²) in [7, 11) is 0. The molecule has 1 aromatic heterocycles. The molecule has 1 fully saturated rings. The average molecular weight is 204 g/mol. The van der Waals surface area contributed by atoms with Crippen LogP contribution in [0.15, 0.2) is 24.4 Å². The first-order valence-corrected chi connectivity index (χ1v) is 5.89. The van der Waals surface area contributed by atoms with E-state index in [4.69, 9.17) is 0 Å². The van der Waals surface area contributed by atoms with Gasteiger partial charge in [0.25, 0.3) is 0 Å². The number of hydrogen-bond donors (Lipinski definition) is 0. The van der Waals surface area contributed by atoms with Gasteiger partial charge in [-0.15, -0.1) is 0 Å². The van der Waals surface area contributed by atoms with Crippen LogP contribution in [0.1, 0.15) is 33.6 Å². The molecule has 0 radical (unpaired) electrons. The Labute approximate surface area is 92.3 Å². The lowest BCUT2D eigenvalue weighted by Gasteiger charge is -2.32. The van der Waals surface area contributed by atoms with Gasteiger partial charge in [-0.3, -0.25) is 0 Å². The van der Waals surface area contributed by atoms with Crippen LogP contribution in [-0.2, 0) is 0 Å². The summed E-state index contributed by atoms with van der Waals surface area (Å²) in [4.78, 5) is 6.96. The Morgan fingerprint density at radius 1 is 1.33 bits per heavy atom. The fraction of sp³-hybridized carbons (Fsp3) is 0.615. The summed E-state index contributed by atoms with van der Waals surface area (Å²) in [5.74, 6) is 1.85. The molecular weight excluding hydrogens is 184 g/mol. The Bertz CT molecular complexity index is 308. The first kappa shape index (κ1) is 10.5. The Hall–Kier alpha value is -1.05. The van der Waals surface area contributed by atoms with E-state index in [1.165, 1.54) is 12.8 Å². The zero-order valence-corrected chi connectivity index (χ0v) is 9.85. The van der Waals surface area contributed by atoms with Gasteiger partial charge in [0.2, 0.25) is 0 Å². The molecule has 15 heavy (non-hydrogen) atoms. The van der Waals surface area contributed by atoms with E-state index in [0.29, 0.717) is 18.0 Å². The molecule has 1 aliphatic rings. The molecule has 0 aromatic carbocycles. The van der Waals surface area contributed by atoms with Gasteiger partial charge in [-0.25, -0.2) is 4.98 Å². The van der Waals surface area contributed by atoms with Gasteiger partial charge in [-0.2, -0.15) is 0 Å². The van der Waals surface area contributed by atoms with Crippen molar-refractivity contribution in [1.29, 1.82) is 0 Å². The molecular formula is C13H20N2. The van der Waals surface area contributed by atoms with E-state index < -0.39 is 0 Å². The SMILES string of the molecule is CC(C)C1CCC(C)N1c1ccccn1. The lowest BCUT2D eigenvalue weighted by Crippen LogP contribution is -2.38. The molecule has 0 amide bonds. The van der Waals surface area contributed by atoms with Crippen LogP contribution in [-0.4, -0.2) is 17.1 Å². The van der Waals surface area contributed by atoms with Crippen LogP contribution in [0.5, 0.6) is 0 Å². The van der Waals surface area contributed by atoms with Gasteiger partial charge in [-0.1, -0.05) is 19.9 Å². The minimum absolute atomic E-state index is 0.632. The second-order valence-electron chi connectivity index (χ2n) is 4.83. The van der Waals surface area contributed by atoms with Gasteiger partial charge in [-0.05, 0) is 37.8 Å². The van der Waals surface area contributed by atoms with Crippen molar-refractivity contribution in [3.63, 3.8) is 0 Å². The molecule has 1 saturated heterocycles. The predicted octanol–water partition coefficient (Wildman–Crippen LogP) is 3.09. The standard InChI is InChI=1S/C13H20N2/c1-10(2)12-8-7-11(3)15(12)13-6-4-5-9-14-13/h4-6,9-12H,7-8H2,1-3H3. The van der Waals surface area contributed by atoms with E-state index in [2.05, 4.69) is 42.8 Å². The topological polar surface area (TPSA) is 16.1 Å². The summed E-state index contributed by atoms with van der Waals surface area (Å²) in [6.45, 7) is 6.91. The highest BCUT2D eigenvalue weighted by atomic mass is 15.3. The van der Waals surface area contributed by atoms with Crippen LogP contribution in [0.2, 0.25) is 0 Å². The molecule has 1 aliphatic heterocycles. The highest BCUT2D eigenvalue weighted by Crippen LogP contribution is 2.32. The van der Waals surface area contributed by atoms with Gasteiger partial charge in [0, 0.05) is 18.3 Å². The van der Waals surface area contributed by atoms with Crippen molar-refractivity contribution in [2.24, 2.45) is 5.92 Å². The van der Waals surface area contributed by atoms with Crippen molar-refractivity contribution in [2.45, 2.75) is 45.7 Å². The third-order valence-electron chi connectivity index (χ3n) is 3.40. The van der Waals surface area contributed by atoms with Crippen molar-refractivity contribution in [3.05, 3.63) is 24.4 Å². The van der Waals surface area contributed by atoms with E-state index >= 15 is 0 Å². The third kappa shape index (κ3) is 1.99. The average Bonchev–Trinajstić information content (AvgIpc) is 2.61. The number of pyridine rings is 1. The summed E-state index contributed by atoms with van der Waals surface area (Å²) < 4.78 is 0. The second kappa shape index (κ2) is 4.21. The zero-order chi connectivity index (χ0) is 10.8.